The Morgan fingerprint density at radius 3 is 2.94 bits per heavy atom. The van der Waals surface area contributed by atoms with E-state index in [1.165, 1.54) is 6.33 Å². The molecule has 0 spiro atoms. The van der Waals surface area contributed by atoms with Crippen LogP contribution in [0.5, 0.6) is 0 Å². The predicted octanol–water partition coefficient (Wildman–Crippen LogP) is -0.144. The zero-order valence-corrected chi connectivity index (χ0v) is 9.10. The van der Waals surface area contributed by atoms with Crippen molar-refractivity contribution in [3.63, 3.8) is 0 Å². The fourth-order valence-corrected chi connectivity index (χ4v) is 1.17. The van der Waals surface area contributed by atoms with E-state index in [0.29, 0.717) is 12.1 Å². The van der Waals surface area contributed by atoms with Crippen LogP contribution in [-0.4, -0.2) is 33.1 Å². The van der Waals surface area contributed by atoms with Crippen molar-refractivity contribution in [1.29, 1.82) is 0 Å². The van der Waals surface area contributed by atoms with Crippen molar-refractivity contribution in [2.75, 3.05) is 0 Å². The van der Waals surface area contributed by atoms with Gasteiger partial charge in [-0.2, -0.15) is 0 Å². The van der Waals surface area contributed by atoms with Gasteiger partial charge >= 0.3 is 5.97 Å². The van der Waals surface area contributed by atoms with Gasteiger partial charge in [0.25, 0.3) is 0 Å². The number of carboxylic acid groups (broad SMARTS) is 1. The highest BCUT2D eigenvalue weighted by Gasteiger charge is 2.19. The summed E-state index contributed by atoms with van der Waals surface area (Å²) in [7, 11) is 0. The summed E-state index contributed by atoms with van der Waals surface area (Å²) >= 11 is 0. The molecule has 1 aromatic rings. The van der Waals surface area contributed by atoms with E-state index in [4.69, 9.17) is 10.8 Å². The van der Waals surface area contributed by atoms with Crippen molar-refractivity contribution >= 4 is 5.97 Å². The molecule has 0 fully saturated rings. The Bertz CT molecular complexity index is 359. The van der Waals surface area contributed by atoms with Gasteiger partial charge in [0.05, 0.1) is 6.33 Å². The summed E-state index contributed by atoms with van der Waals surface area (Å²) in [5.41, 5.74) is 6.84. The second-order valence-electron chi connectivity index (χ2n) is 3.63. The van der Waals surface area contributed by atoms with Crippen LogP contribution in [0.15, 0.2) is 24.8 Å². The molecule has 0 saturated carbocycles. The number of carboxylic acids is 1. The fourth-order valence-electron chi connectivity index (χ4n) is 1.17. The maximum atomic E-state index is 11.0. The quantitative estimate of drug-likeness (QED) is 0.538. The van der Waals surface area contributed by atoms with E-state index in [1.807, 2.05) is 0 Å². The number of nitrogens with one attached hydrogen (secondary N) is 2. The Morgan fingerprint density at radius 2 is 2.50 bits per heavy atom. The van der Waals surface area contributed by atoms with E-state index >= 15 is 0 Å². The summed E-state index contributed by atoms with van der Waals surface area (Å²) in [6, 6.07) is -1.04. The van der Waals surface area contributed by atoms with Crippen molar-refractivity contribution < 1.29 is 9.90 Å². The monoisotopic (exact) mass is 224 g/mol. The maximum absolute atomic E-state index is 11.0. The van der Waals surface area contributed by atoms with Crippen LogP contribution in [0.3, 0.4) is 0 Å². The summed E-state index contributed by atoms with van der Waals surface area (Å²) in [6.45, 7) is 5.42. The summed E-state index contributed by atoms with van der Waals surface area (Å²) in [5, 5.41) is 11.8. The maximum Gasteiger partial charge on any atom is 0.326 e. The number of imidazole rings is 1. The summed E-state index contributed by atoms with van der Waals surface area (Å²) < 4.78 is 0. The number of aromatic amines is 1. The van der Waals surface area contributed by atoms with Crippen LogP contribution >= 0.6 is 0 Å². The highest BCUT2D eigenvalue weighted by Crippen LogP contribution is 2.02. The van der Waals surface area contributed by atoms with Crippen molar-refractivity contribution in [2.24, 2.45) is 5.73 Å². The lowest BCUT2D eigenvalue weighted by Gasteiger charge is -2.18. The molecule has 0 aliphatic carbocycles. The average Bonchev–Trinajstić information content (AvgIpc) is 2.68. The SMILES string of the molecule is C=C(N[C@@H](Cc1cnc[nH]1)C(=O)O)[C@H](C)N. The first-order chi connectivity index (χ1) is 7.50. The molecule has 88 valence electrons. The molecule has 0 saturated heterocycles. The second kappa shape index (κ2) is 5.32. The highest BCUT2D eigenvalue weighted by atomic mass is 16.4. The van der Waals surface area contributed by atoms with E-state index in [9.17, 15) is 4.79 Å². The van der Waals surface area contributed by atoms with E-state index < -0.39 is 12.0 Å². The molecule has 6 nitrogen and oxygen atoms in total. The van der Waals surface area contributed by atoms with Gasteiger partial charge in [-0.1, -0.05) is 6.58 Å². The summed E-state index contributed by atoms with van der Waals surface area (Å²) in [6.07, 6.45) is 3.40. The molecule has 0 radical (unpaired) electrons. The van der Waals surface area contributed by atoms with Crippen LogP contribution < -0.4 is 11.1 Å². The topological polar surface area (TPSA) is 104 Å². The number of nitrogens with two attached hydrogens (primary N) is 1. The molecule has 0 aliphatic heterocycles. The minimum Gasteiger partial charge on any atom is -0.480 e. The van der Waals surface area contributed by atoms with Crippen molar-refractivity contribution in [3.05, 3.63) is 30.5 Å². The molecule has 0 aromatic carbocycles. The molecule has 2 atom stereocenters. The van der Waals surface area contributed by atoms with Gasteiger partial charge in [0.15, 0.2) is 0 Å². The van der Waals surface area contributed by atoms with Crippen LogP contribution in [0.1, 0.15) is 12.6 Å². The third-order valence-electron chi connectivity index (χ3n) is 2.19. The number of H-pyrrole nitrogens is 1. The third-order valence-corrected chi connectivity index (χ3v) is 2.19. The number of hydrogen-bond donors (Lipinski definition) is 4. The third kappa shape index (κ3) is 3.39. The number of carbonyl (C=O) groups is 1. The molecular weight excluding hydrogens is 208 g/mol. The zero-order valence-electron chi connectivity index (χ0n) is 9.10. The number of aliphatic carboxylic acids is 1. The Balaban J connectivity index is 2.62. The van der Waals surface area contributed by atoms with Gasteiger partial charge < -0.3 is 21.1 Å². The second-order valence-corrected chi connectivity index (χ2v) is 3.63. The minimum absolute atomic E-state index is 0.288. The first kappa shape index (κ1) is 12.3. The molecule has 6 heteroatoms. The highest BCUT2D eigenvalue weighted by molar-refractivity contribution is 5.74. The number of rotatable bonds is 6. The minimum atomic E-state index is -0.948. The molecule has 5 N–H and O–H groups in total. The van der Waals surface area contributed by atoms with Crippen molar-refractivity contribution in [1.82, 2.24) is 15.3 Å². The fraction of sp³-hybridized carbons (Fsp3) is 0.400. The van der Waals surface area contributed by atoms with Gasteiger partial charge in [0.1, 0.15) is 6.04 Å². The smallest absolute Gasteiger partial charge is 0.326 e. The Labute approximate surface area is 93.6 Å². The number of hydrogen-bond acceptors (Lipinski definition) is 4. The van der Waals surface area contributed by atoms with E-state index in [0.717, 1.165) is 5.69 Å². The normalized spacial score (nSPS) is 14.1. The first-order valence-corrected chi connectivity index (χ1v) is 4.91. The molecule has 0 bridgehead atoms. The van der Waals surface area contributed by atoms with Crippen LogP contribution in [0.2, 0.25) is 0 Å². The number of aromatic nitrogens is 2. The zero-order chi connectivity index (χ0) is 12.1. The van der Waals surface area contributed by atoms with Crippen LogP contribution in [0.4, 0.5) is 0 Å². The van der Waals surface area contributed by atoms with Crippen LogP contribution in [0.25, 0.3) is 0 Å². The lowest BCUT2D eigenvalue weighted by molar-refractivity contribution is -0.139. The van der Waals surface area contributed by atoms with Gasteiger partial charge in [0, 0.05) is 30.1 Å². The van der Waals surface area contributed by atoms with Gasteiger partial charge in [-0.25, -0.2) is 9.78 Å². The Hall–Kier alpha value is -1.82. The largest absolute Gasteiger partial charge is 0.480 e. The first-order valence-electron chi connectivity index (χ1n) is 4.91. The van der Waals surface area contributed by atoms with Crippen LogP contribution in [-0.2, 0) is 11.2 Å². The molecular formula is C10H16N4O2. The lowest BCUT2D eigenvalue weighted by Crippen LogP contribution is -2.41. The van der Waals surface area contributed by atoms with Gasteiger partial charge in [-0.3, -0.25) is 0 Å². The molecule has 1 rings (SSSR count). The summed E-state index contributed by atoms with van der Waals surface area (Å²) in [5.74, 6) is -0.948. The van der Waals surface area contributed by atoms with Gasteiger partial charge in [-0.15, -0.1) is 0 Å². The van der Waals surface area contributed by atoms with E-state index in [1.54, 1.807) is 13.1 Å². The van der Waals surface area contributed by atoms with E-state index in [-0.39, 0.29) is 6.04 Å². The van der Waals surface area contributed by atoms with Gasteiger partial charge in [0.2, 0.25) is 0 Å². The summed E-state index contributed by atoms with van der Waals surface area (Å²) in [4.78, 5) is 17.7. The molecule has 16 heavy (non-hydrogen) atoms. The lowest BCUT2D eigenvalue weighted by atomic mass is 10.1. The number of nitrogens with zero attached hydrogens (tertiary/aromatic N) is 1. The van der Waals surface area contributed by atoms with E-state index in [2.05, 4.69) is 21.9 Å². The van der Waals surface area contributed by atoms with Crippen molar-refractivity contribution in [2.45, 2.75) is 25.4 Å². The molecule has 0 amide bonds. The average molecular weight is 224 g/mol. The Morgan fingerprint density at radius 1 is 1.81 bits per heavy atom. The molecule has 1 heterocycles. The standard InChI is InChI=1S/C10H16N4O2/c1-6(11)7(2)14-9(10(15)16)3-8-4-12-5-13-8/h4-6,9,14H,2-3,11H2,1H3,(H,12,13)(H,15,16)/t6-,9-/m0/s1. The van der Waals surface area contributed by atoms with Crippen molar-refractivity contribution in [3.8, 4) is 0 Å². The molecule has 0 aliphatic rings. The van der Waals surface area contributed by atoms with Gasteiger partial charge in [-0.05, 0) is 6.92 Å². The molecule has 0 unspecified atom stereocenters. The van der Waals surface area contributed by atoms with Crippen LogP contribution in [0, 0.1) is 0 Å². The molecule has 1 aromatic heterocycles. The predicted molar refractivity (Wildman–Crippen MR) is 59.6 cm³/mol. The Kier molecular flexibility index (Phi) is 4.07.